The quantitative estimate of drug-likeness (QED) is 0.755. The van der Waals surface area contributed by atoms with Gasteiger partial charge < -0.3 is 10.2 Å². The Morgan fingerprint density at radius 3 is 2.62 bits per heavy atom. The van der Waals surface area contributed by atoms with E-state index in [2.05, 4.69) is 5.32 Å². The highest BCUT2D eigenvalue weighted by molar-refractivity contribution is 7.91. The molecule has 26 heavy (non-hydrogen) atoms. The molecule has 0 aliphatic carbocycles. The molecular weight excluding hydrogens is 395 g/mol. The van der Waals surface area contributed by atoms with Crippen molar-refractivity contribution in [3.05, 3.63) is 17.0 Å². The number of hydrogen-bond donors (Lipinski definition) is 1. The highest BCUT2D eigenvalue weighted by Crippen LogP contribution is 2.25. The standard InChI is InChI=1S/C14H18F3N3O4S2/c1-19(2)26(23,24)12-4-3-10(25-12)6-18-13(22)9-5-11(21)20(7-9)8-14(15,16)17/h3-4,9H,5-8H2,1-2H3,(H,18,22). The zero-order chi connectivity index (χ0) is 19.7. The van der Waals surface area contributed by atoms with Crippen molar-refractivity contribution in [3.8, 4) is 0 Å². The molecule has 1 aliphatic rings. The third-order valence-electron chi connectivity index (χ3n) is 3.76. The highest BCUT2D eigenvalue weighted by Gasteiger charge is 2.40. The molecule has 0 spiro atoms. The van der Waals surface area contributed by atoms with Crippen molar-refractivity contribution < 1.29 is 31.2 Å². The molecule has 7 nitrogen and oxygen atoms in total. The zero-order valence-electron chi connectivity index (χ0n) is 14.0. The average Bonchev–Trinajstić information content (AvgIpc) is 3.11. The first-order valence-electron chi connectivity index (χ1n) is 7.53. The van der Waals surface area contributed by atoms with Gasteiger partial charge in [0.1, 0.15) is 10.8 Å². The van der Waals surface area contributed by atoms with Crippen LogP contribution in [0.4, 0.5) is 13.2 Å². The number of halogens is 3. The molecule has 1 fully saturated rings. The average molecular weight is 413 g/mol. The van der Waals surface area contributed by atoms with Crippen LogP contribution in [0.2, 0.25) is 0 Å². The predicted molar refractivity (Wildman–Crippen MR) is 87.8 cm³/mol. The summed E-state index contributed by atoms with van der Waals surface area (Å²) in [7, 11) is -0.755. The molecule has 2 rings (SSSR count). The molecule has 0 saturated carbocycles. The molecule has 1 saturated heterocycles. The van der Waals surface area contributed by atoms with Crippen LogP contribution in [-0.2, 0) is 26.2 Å². The summed E-state index contributed by atoms with van der Waals surface area (Å²) in [6.07, 6.45) is -4.78. The molecule has 12 heteroatoms. The van der Waals surface area contributed by atoms with Crippen LogP contribution in [0.1, 0.15) is 11.3 Å². The van der Waals surface area contributed by atoms with Gasteiger partial charge in [-0.2, -0.15) is 13.2 Å². The first kappa shape index (κ1) is 20.6. The van der Waals surface area contributed by atoms with E-state index in [0.717, 1.165) is 15.6 Å². The summed E-state index contributed by atoms with van der Waals surface area (Å²) in [4.78, 5) is 24.9. The van der Waals surface area contributed by atoms with Gasteiger partial charge in [-0.1, -0.05) is 0 Å². The van der Waals surface area contributed by atoms with Crippen LogP contribution in [-0.4, -0.2) is 62.8 Å². The fourth-order valence-electron chi connectivity index (χ4n) is 2.41. The van der Waals surface area contributed by atoms with Gasteiger partial charge in [0.05, 0.1) is 12.5 Å². The van der Waals surface area contributed by atoms with E-state index in [0.29, 0.717) is 9.78 Å². The molecule has 2 amide bonds. The van der Waals surface area contributed by atoms with Crippen LogP contribution in [0.3, 0.4) is 0 Å². The Kier molecular flexibility index (Phi) is 5.98. The van der Waals surface area contributed by atoms with Crippen molar-refractivity contribution in [2.75, 3.05) is 27.2 Å². The summed E-state index contributed by atoms with van der Waals surface area (Å²) < 4.78 is 62.3. The van der Waals surface area contributed by atoms with E-state index < -0.39 is 40.5 Å². The third-order valence-corrected chi connectivity index (χ3v) is 7.13. The molecule has 0 aromatic carbocycles. The van der Waals surface area contributed by atoms with E-state index >= 15 is 0 Å². The number of amides is 2. The first-order chi connectivity index (χ1) is 11.9. The van der Waals surface area contributed by atoms with E-state index in [1.807, 2.05) is 0 Å². The van der Waals surface area contributed by atoms with E-state index in [1.54, 1.807) is 6.07 Å². The van der Waals surface area contributed by atoms with E-state index in [1.165, 1.54) is 20.2 Å². The fourth-order valence-corrected chi connectivity index (χ4v) is 4.87. The Morgan fingerprint density at radius 1 is 1.38 bits per heavy atom. The summed E-state index contributed by atoms with van der Waals surface area (Å²) in [6, 6.07) is 2.97. The lowest BCUT2D eigenvalue weighted by atomic mass is 10.1. The summed E-state index contributed by atoms with van der Waals surface area (Å²) in [5.41, 5.74) is 0. The number of carbonyl (C=O) groups excluding carboxylic acids is 2. The lowest BCUT2D eigenvalue weighted by Gasteiger charge is -2.18. The molecule has 1 aromatic heterocycles. The number of nitrogens with zero attached hydrogens (tertiary/aromatic N) is 2. The van der Waals surface area contributed by atoms with Gasteiger partial charge in [0, 0.05) is 31.9 Å². The van der Waals surface area contributed by atoms with Crippen molar-refractivity contribution in [3.63, 3.8) is 0 Å². The number of hydrogen-bond acceptors (Lipinski definition) is 5. The summed E-state index contributed by atoms with van der Waals surface area (Å²) in [5, 5.41) is 2.54. The topological polar surface area (TPSA) is 86.8 Å². The van der Waals surface area contributed by atoms with Crippen LogP contribution in [0, 0.1) is 5.92 Å². The molecule has 0 bridgehead atoms. The molecule has 1 aliphatic heterocycles. The Hall–Kier alpha value is -1.66. The minimum atomic E-state index is -4.51. The van der Waals surface area contributed by atoms with Gasteiger partial charge >= 0.3 is 6.18 Å². The lowest BCUT2D eigenvalue weighted by Crippen LogP contribution is -2.37. The van der Waals surface area contributed by atoms with E-state index in [4.69, 9.17) is 0 Å². The van der Waals surface area contributed by atoms with Gasteiger partial charge in [-0.25, -0.2) is 12.7 Å². The molecule has 0 radical (unpaired) electrons. The van der Waals surface area contributed by atoms with Crippen molar-refractivity contribution in [1.82, 2.24) is 14.5 Å². The minimum Gasteiger partial charge on any atom is -0.351 e. The van der Waals surface area contributed by atoms with Gasteiger partial charge in [0.2, 0.25) is 11.8 Å². The molecule has 1 N–H and O–H groups in total. The van der Waals surface area contributed by atoms with Crippen molar-refractivity contribution >= 4 is 33.2 Å². The smallest absolute Gasteiger partial charge is 0.351 e. The van der Waals surface area contributed by atoms with Gasteiger partial charge in [-0.05, 0) is 12.1 Å². The number of thiophene rings is 1. The van der Waals surface area contributed by atoms with Crippen LogP contribution in [0.5, 0.6) is 0 Å². The summed E-state index contributed by atoms with van der Waals surface area (Å²) in [5.74, 6) is -2.10. The predicted octanol–water partition coefficient (Wildman–Crippen LogP) is 1.03. The molecule has 2 heterocycles. The highest BCUT2D eigenvalue weighted by atomic mass is 32.2. The maximum atomic E-state index is 12.4. The third kappa shape index (κ3) is 4.95. The number of nitrogens with one attached hydrogen (secondary N) is 1. The number of alkyl halides is 3. The molecule has 1 aromatic rings. The van der Waals surface area contributed by atoms with Gasteiger partial charge in [-0.15, -0.1) is 11.3 Å². The van der Waals surface area contributed by atoms with Crippen LogP contribution in [0.25, 0.3) is 0 Å². The second-order valence-electron chi connectivity index (χ2n) is 6.02. The Labute approximate surface area is 152 Å². The van der Waals surface area contributed by atoms with Crippen LogP contribution in [0.15, 0.2) is 16.3 Å². The number of carbonyl (C=O) groups is 2. The SMILES string of the molecule is CN(C)S(=O)(=O)c1ccc(CNC(=O)C2CC(=O)N(CC(F)(F)F)C2)s1. The van der Waals surface area contributed by atoms with E-state index in [9.17, 15) is 31.2 Å². The lowest BCUT2D eigenvalue weighted by molar-refractivity contribution is -0.157. The Morgan fingerprint density at radius 2 is 2.04 bits per heavy atom. The summed E-state index contributed by atoms with van der Waals surface area (Å²) in [6.45, 7) is -1.61. The zero-order valence-corrected chi connectivity index (χ0v) is 15.7. The molecule has 1 atom stereocenters. The number of rotatable bonds is 6. The Balaban J connectivity index is 1.92. The molecule has 146 valence electrons. The first-order valence-corrected chi connectivity index (χ1v) is 9.79. The largest absolute Gasteiger partial charge is 0.406 e. The monoisotopic (exact) mass is 413 g/mol. The second-order valence-corrected chi connectivity index (χ2v) is 9.56. The second kappa shape index (κ2) is 7.53. The summed E-state index contributed by atoms with van der Waals surface area (Å²) >= 11 is 0.991. The van der Waals surface area contributed by atoms with Crippen molar-refractivity contribution in [1.29, 1.82) is 0 Å². The van der Waals surface area contributed by atoms with Crippen molar-refractivity contribution in [2.45, 2.75) is 23.4 Å². The molecular formula is C14H18F3N3O4S2. The van der Waals surface area contributed by atoms with Crippen LogP contribution < -0.4 is 5.32 Å². The van der Waals surface area contributed by atoms with Crippen molar-refractivity contribution in [2.24, 2.45) is 5.92 Å². The number of likely N-dealkylation sites (tertiary alicyclic amines) is 1. The maximum Gasteiger partial charge on any atom is 0.406 e. The minimum absolute atomic E-state index is 0.0381. The van der Waals surface area contributed by atoms with Gasteiger partial charge in [0.15, 0.2) is 0 Å². The van der Waals surface area contributed by atoms with Gasteiger partial charge in [0.25, 0.3) is 10.0 Å². The maximum absolute atomic E-state index is 12.4. The fraction of sp³-hybridized carbons (Fsp3) is 0.571. The van der Waals surface area contributed by atoms with E-state index in [-0.39, 0.29) is 23.7 Å². The molecule has 1 unspecified atom stereocenters. The van der Waals surface area contributed by atoms with Gasteiger partial charge in [-0.3, -0.25) is 9.59 Å². The Bertz CT molecular complexity index is 790. The number of sulfonamides is 1. The van der Waals surface area contributed by atoms with Crippen LogP contribution >= 0.6 is 11.3 Å². The normalized spacial score (nSPS) is 18.6.